The van der Waals surface area contributed by atoms with Crippen molar-refractivity contribution in [1.29, 1.82) is 0 Å². The lowest BCUT2D eigenvalue weighted by atomic mass is 9.97. The molecule has 1 N–H and O–H groups in total. The summed E-state index contributed by atoms with van der Waals surface area (Å²) >= 11 is 6.16. The molecule has 1 saturated heterocycles. The molecule has 0 bridgehead atoms. The number of nitrogens with zero attached hydrogens (tertiary/aromatic N) is 4. The van der Waals surface area contributed by atoms with Gasteiger partial charge in [-0.25, -0.2) is 9.50 Å². The lowest BCUT2D eigenvalue weighted by Crippen LogP contribution is -2.39. The average molecular weight is 426 g/mol. The van der Waals surface area contributed by atoms with Gasteiger partial charge in [0.25, 0.3) is 5.91 Å². The van der Waals surface area contributed by atoms with Crippen molar-refractivity contribution in [1.82, 2.24) is 19.5 Å². The molecular weight excluding hydrogens is 402 g/mol. The summed E-state index contributed by atoms with van der Waals surface area (Å²) in [7, 11) is 0. The topological polar surface area (TPSA) is 79.6 Å². The molecule has 0 radical (unpaired) electrons. The molecule has 8 heteroatoms. The van der Waals surface area contributed by atoms with Crippen molar-refractivity contribution in [3.8, 4) is 0 Å². The highest BCUT2D eigenvalue weighted by molar-refractivity contribution is 6.30. The van der Waals surface area contributed by atoms with Gasteiger partial charge in [-0.1, -0.05) is 23.2 Å². The summed E-state index contributed by atoms with van der Waals surface area (Å²) < 4.78 is 1.71. The maximum absolute atomic E-state index is 13.6. The van der Waals surface area contributed by atoms with Gasteiger partial charge in [-0.3, -0.25) is 9.59 Å². The van der Waals surface area contributed by atoms with E-state index in [9.17, 15) is 9.59 Å². The summed E-state index contributed by atoms with van der Waals surface area (Å²) in [5.74, 6) is -0.312. The van der Waals surface area contributed by atoms with Gasteiger partial charge >= 0.3 is 0 Å². The fourth-order valence-corrected chi connectivity index (χ4v) is 4.08. The number of anilines is 1. The van der Waals surface area contributed by atoms with E-state index in [1.54, 1.807) is 10.6 Å². The maximum atomic E-state index is 13.6. The number of carbonyl (C=O) groups is 2. The third kappa shape index (κ3) is 3.89. The summed E-state index contributed by atoms with van der Waals surface area (Å²) in [6.07, 6.45) is 4.62. The predicted molar refractivity (Wildman–Crippen MR) is 116 cm³/mol. The first-order valence-electron chi connectivity index (χ1n) is 10.0. The summed E-state index contributed by atoms with van der Waals surface area (Å²) in [5.41, 5.74) is 4.29. The molecule has 2 amide bonds. The highest BCUT2D eigenvalue weighted by Crippen LogP contribution is 2.33. The van der Waals surface area contributed by atoms with Crippen LogP contribution >= 0.6 is 11.6 Å². The molecule has 1 aromatic carbocycles. The highest BCUT2D eigenvalue weighted by atomic mass is 35.5. The van der Waals surface area contributed by atoms with Crippen molar-refractivity contribution < 1.29 is 9.59 Å². The maximum Gasteiger partial charge on any atom is 0.256 e. The number of aryl methyl sites for hydroxylation is 2. The minimum absolute atomic E-state index is 0.105. The van der Waals surface area contributed by atoms with Gasteiger partial charge < -0.3 is 10.2 Å². The average Bonchev–Trinajstić information content (AvgIpc) is 3.11. The zero-order valence-electron chi connectivity index (χ0n) is 17.3. The number of piperidine rings is 1. The zero-order chi connectivity index (χ0) is 21.4. The van der Waals surface area contributed by atoms with Crippen LogP contribution in [0.4, 0.5) is 5.69 Å². The van der Waals surface area contributed by atoms with Gasteiger partial charge in [-0.2, -0.15) is 5.10 Å². The predicted octanol–water partition coefficient (Wildman–Crippen LogP) is 4.33. The van der Waals surface area contributed by atoms with Gasteiger partial charge in [0.1, 0.15) is 5.15 Å². The molecule has 1 aliphatic heterocycles. The normalized spacial score (nSPS) is 16.7. The number of benzene rings is 1. The molecule has 7 nitrogen and oxygen atoms in total. The van der Waals surface area contributed by atoms with Crippen LogP contribution in [-0.4, -0.2) is 37.9 Å². The Hall–Kier alpha value is -2.93. The second-order valence-electron chi connectivity index (χ2n) is 7.83. The van der Waals surface area contributed by atoms with E-state index in [2.05, 4.69) is 15.4 Å². The number of fused-ring (bicyclic) bond motifs is 1. The fourth-order valence-electron chi connectivity index (χ4n) is 3.94. The first kappa shape index (κ1) is 20.3. The molecule has 1 aliphatic rings. The molecule has 1 atom stereocenters. The Bertz CT molecular complexity index is 1100. The Morgan fingerprint density at radius 2 is 2.00 bits per heavy atom. The van der Waals surface area contributed by atoms with Gasteiger partial charge in [0.15, 0.2) is 5.65 Å². The van der Waals surface area contributed by atoms with Crippen molar-refractivity contribution in [2.24, 2.45) is 0 Å². The SMILES string of the molecule is CC(=O)Nc1ccc(C)cc1C(=O)N1CCCCC1c1cc2nc(Cl)c(C)cn2n1. The van der Waals surface area contributed by atoms with Crippen LogP contribution in [0.25, 0.3) is 5.65 Å². The Kier molecular flexibility index (Phi) is 5.47. The van der Waals surface area contributed by atoms with Crippen LogP contribution in [0.3, 0.4) is 0 Å². The van der Waals surface area contributed by atoms with Crippen LogP contribution in [0, 0.1) is 13.8 Å². The largest absolute Gasteiger partial charge is 0.330 e. The van der Waals surface area contributed by atoms with Crippen LogP contribution in [0.15, 0.2) is 30.5 Å². The molecule has 0 aliphatic carbocycles. The molecule has 0 spiro atoms. The number of carbonyl (C=O) groups excluding carboxylic acids is 2. The minimum Gasteiger partial charge on any atom is -0.330 e. The quantitative estimate of drug-likeness (QED) is 0.633. The van der Waals surface area contributed by atoms with Crippen LogP contribution in [0.5, 0.6) is 0 Å². The molecule has 3 aromatic rings. The van der Waals surface area contributed by atoms with Crippen LogP contribution in [0.1, 0.15) is 59.4 Å². The van der Waals surface area contributed by atoms with Crippen molar-refractivity contribution in [2.45, 2.75) is 46.1 Å². The highest BCUT2D eigenvalue weighted by Gasteiger charge is 2.32. The summed E-state index contributed by atoms with van der Waals surface area (Å²) in [5, 5.41) is 7.91. The van der Waals surface area contributed by atoms with E-state index in [-0.39, 0.29) is 17.9 Å². The standard InChI is InChI=1S/C22H24ClN5O2/c1-13-7-8-17(24-15(3)29)16(10-13)22(30)27-9-5-4-6-19(27)18-11-20-25-21(23)14(2)12-28(20)26-18/h7-8,10-12,19H,4-6,9H2,1-3H3,(H,24,29). The molecule has 1 unspecified atom stereocenters. The first-order valence-corrected chi connectivity index (χ1v) is 10.4. The monoisotopic (exact) mass is 425 g/mol. The van der Waals surface area contributed by atoms with E-state index in [1.807, 2.05) is 43.1 Å². The first-order chi connectivity index (χ1) is 14.3. The molecule has 0 saturated carbocycles. The fraction of sp³-hybridized carbons (Fsp3) is 0.364. The van der Waals surface area contributed by atoms with E-state index in [0.29, 0.717) is 28.6 Å². The molecule has 1 fully saturated rings. The Labute approximate surface area is 180 Å². The van der Waals surface area contributed by atoms with E-state index in [1.165, 1.54) is 6.92 Å². The lowest BCUT2D eigenvalue weighted by Gasteiger charge is -2.35. The number of hydrogen-bond donors (Lipinski definition) is 1. The van der Waals surface area contributed by atoms with E-state index >= 15 is 0 Å². The number of nitrogens with one attached hydrogen (secondary N) is 1. The minimum atomic E-state index is -0.207. The van der Waals surface area contributed by atoms with Crippen LogP contribution in [-0.2, 0) is 4.79 Å². The summed E-state index contributed by atoms with van der Waals surface area (Å²) in [6.45, 7) is 5.89. The molecule has 156 valence electrons. The zero-order valence-corrected chi connectivity index (χ0v) is 18.0. The van der Waals surface area contributed by atoms with Crippen molar-refractivity contribution in [3.63, 3.8) is 0 Å². The van der Waals surface area contributed by atoms with Crippen molar-refractivity contribution in [3.05, 3.63) is 58.0 Å². The number of likely N-dealkylation sites (tertiary alicyclic amines) is 1. The van der Waals surface area contributed by atoms with Gasteiger partial charge in [0.2, 0.25) is 5.91 Å². The van der Waals surface area contributed by atoms with E-state index < -0.39 is 0 Å². The smallest absolute Gasteiger partial charge is 0.256 e. The number of halogens is 1. The lowest BCUT2D eigenvalue weighted by molar-refractivity contribution is -0.114. The second kappa shape index (κ2) is 8.07. The van der Waals surface area contributed by atoms with E-state index in [0.717, 1.165) is 36.1 Å². The molecule has 3 heterocycles. The molecular formula is C22H24ClN5O2. The van der Waals surface area contributed by atoms with E-state index in [4.69, 9.17) is 11.6 Å². The van der Waals surface area contributed by atoms with Crippen molar-refractivity contribution >= 4 is 34.7 Å². The van der Waals surface area contributed by atoms with Gasteiger partial charge in [-0.05, 0) is 45.2 Å². The summed E-state index contributed by atoms with van der Waals surface area (Å²) in [4.78, 5) is 31.4. The second-order valence-corrected chi connectivity index (χ2v) is 8.19. The van der Waals surface area contributed by atoms with Crippen LogP contribution < -0.4 is 5.32 Å². The van der Waals surface area contributed by atoms with Gasteiger partial charge in [-0.15, -0.1) is 0 Å². The van der Waals surface area contributed by atoms with Gasteiger partial charge in [0, 0.05) is 31.3 Å². The number of aromatic nitrogens is 3. The molecule has 4 rings (SSSR count). The molecule has 2 aromatic heterocycles. The Morgan fingerprint density at radius 1 is 1.20 bits per heavy atom. The molecule has 30 heavy (non-hydrogen) atoms. The third-order valence-electron chi connectivity index (χ3n) is 5.41. The Balaban J connectivity index is 1.72. The third-order valence-corrected chi connectivity index (χ3v) is 5.79. The van der Waals surface area contributed by atoms with Gasteiger partial charge in [0.05, 0.1) is 23.0 Å². The van der Waals surface area contributed by atoms with Crippen LogP contribution in [0.2, 0.25) is 5.15 Å². The Morgan fingerprint density at radius 3 is 2.77 bits per heavy atom. The van der Waals surface area contributed by atoms with Crippen molar-refractivity contribution in [2.75, 3.05) is 11.9 Å². The number of amides is 2. The summed E-state index contributed by atoms with van der Waals surface area (Å²) in [6, 6.07) is 7.23. The number of rotatable bonds is 3. The number of hydrogen-bond acceptors (Lipinski definition) is 4.